The van der Waals surface area contributed by atoms with Gasteiger partial charge in [0.05, 0.1) is 4.90 Å². The number of nitrogens with zero attached hydrogens (tertiary/aromatic N) is 3. The number of pyridine rings is 1. The van der Waals surface area contributed by atoms with Gasteiger partial charge in [0.1, 0.15) is 11.6 Å². The van der Waals surface area contributed by atoms with Crippen LogP contribution < -0.4 is 5.32 Å². The lowest BCUT2D eigenvalue weighted by atomic mass is 9.93. The SMILES string of the molecule is Cc1nsc(Nc2ncc(CC3CCOCC3)cc2Sc2ccccc2)n1.Cl. The first-order valence-electron chi connectivity index (χ1n) is 9.13. The largest absolute Gasteiger partial charge is 0.381 e. The van der Waals surface area contributed by atoms with Crippen LogP contribution in [0.15, 0.2) is 52.4 Å². The Balaban J connectivity index is 0.00000225. The van der Waals surface area contributed by atoms with Crippen molar-refractivity contribution in [3.05, 3.63) is 54.0 Å². The number of hydrogen-bond donors (Lipinski definition) is 1. The van der Waals surface area contributed by atoms with Gasteiger partial charge in [-0.25, -0.2) is 9.97 Å². The molecule has 1 N–H and O–H groups in total. The lowest BCUT2D eigenvalue weighted by Gasteiger charge is -2.22. The van der Waals surface area contributed by atoms with Gasteiger partial charge in [0.25, 0.3) is 0 Å². The number of benzene rings is 1. The zero-order valence-electron chi connectivity index (χ0n) is 15.6. The number of aromatic nitrogens is 3. The second kappa shape index (κ2) is 10.2. The Bertz CT molecular complexity index is 885. The fourth-order valence-electron chi connectivity index (χ4n) is 3.12. The van der Waals surface area contributed by atoms with Gasteiger partial charge in [0, 0.05) is 35.8 Å². The lowest BCUT2D eigenvalue weighted by molar-refractivity contribution is 0.0665. The maximum absolute atomic E-state index is 5.49. The number of halogens is 1. The highest BCUT2D eigenvalue weighted by molar-refractivity contribution is 7.99. The molecule has 1 aromatic carbocycles. The van der Waals surface area contributed by atoms with E-state index in [1.165, 1.54) is 22.0 Å². The molecule has 4 rings (SSSR count). The molecule has 1 fully saturated rings. The average Bonchev–Trinajstić information content (AvgIpc) is 3.10. The van der Waals surface area contributed by atoms with Gasteiger partial charge in [-0.2, -0.15) is 4.37 Å². The molecule has 28 heavy (non-hydrogen) atoms. The molecule has 3 aromatic rings. The summed E-state index contributed by atoms with van der Waals surface area (Å²) in [6.45, 7) is 3.64. The third-order valence-electron chi connectivity index (χ3n) is 4.50. The van der Waals surface area contributed by atoms with E-state index in [0.29, 0.717) is 5.92 Å². The molecule has 1 aliphatic rings. The van der Waals surface area contributed by atoms with E-state index in [2.05, 4.69) is 45.0 Å². The van der Waals surface area contributed by atoms with Crippen molar-refractivity contribution >= 4 is 46.7 Å². The molecule has 0 amide bonds. The first-order chi connectivity index (χ1) is 13.3. The minimum atomic E-state index is 0. The van der Waals surface area contributed by atoms with Crippen molar-refractivity contribution in [3.63, 3.8) is 0 Å². The lowest BCUT2D eigenvalue weighted by Crippen LogP contribution is -2.17. The van der Waals surface area contributed by atoms with E-state index in [9.17, 15) is 0 Å². The Morgan fingerprint density at radius 1 is 1.21 bits per heavy atom. The van der Waals surface area contributed by atoms with Crippen LogP contribution in [0.3, 0.4) is 0 Å². The number of anilines is 2. The van der Waals surface area contributed by atoms with Crippen molar-refractivity contribution in [2.24, 2.45) is 5.92 Å². The van der Waals surface area contributed by atoms with Crippen molar-refractivity contribution < 1.29 is 4.74 Å². The van der Waals surface area contributed by atoms with Crippen molar-refractivity contribution in [1.82, 2.24) is 14.3 Å². The van der Waals surface area contributed by atoms with Gasteiger partial charge in [-0.3, -0.25) is 0 Å². The molecule has 0 unspecified atom stereocenters. The number of aryl methyl sites for hydroxylation is 1. The molecule has 0 atom stereocenters. The molecule has 2 aromatic heterocycles. The van der Waals surface area contributed by atoms with E-state index in [-0.39, 0.29) is 12.4 Å². The van der Waals surface area contributed by atoms with E-state index < -0.39 is 0 Å². The topological polar surface area (TPSA) is 59.9 Å². The van der Waals surface area contributed by atoms with Crippen molar-refractivity contribution in [2.75, 3.05) is 18.5 Å². The average molecular weight is 435 g/mol. The molecular weight excluding hydrogens is 412 g/mol. The van der Waals surface area contributed by atoms with Gasteiger partial charge in [-0.05, 0) is 55.9 Å². The predicted molar refractivity (Wildman–Crippen MR) is 117 cm³/mol. The smallest absolute Gasteiger partial charge is 0.208 e. The van der Waals surface area contributed by atoms with E-state index in [4.69, 9.17) is 9.72 Å². The molecule has 0 aliphatic carbocycles. The second-order valence-electron chi connectivity index (χ2n) is 6.64. The molecule has 1 aliphatic heterocycles. The van der Waals surface area contributed by atoms with Gasteiger partial charge >= 0.3 is 0 Å². The van der Waals surface area contributed by atoms with E-state index in [1.54, 1.807) is 11.8 Å². The molecule has 5 nitrogen and oxygen atoms in total. The fraction of sp³-hybridized carbons (Fsp3) is 0.350. The maximum atomic E-state index is 5.49. The monoisotopic (exact) mass is 434 g/mol. The summed E-state index contributed by atoms with van der Waals surface area (Å²) in [6.07, 6.45) is 5.30. The summed E-state index contributed by atoms with van der Waals surface area (Å²) in [6, 6.07) is 12.7. The second-order valence-corrected chi connectivity index (χ2v) is 8.50. The van der Waals surface area contributed by atoms with Gasteiger partial charge in [-0.1, -0.05) is 30.0 Å². The summed E-state index contributed by atoms with van der Waals surface area (Å²) in [4.78, 5) is 11.4. The quantitative estimate of drug-likeness (QED) is 0.550. The highest BCUT2D eigenvalue weighted by Gasteiger charge is 2.16. The van der Waals surface area contributed by atoms with Crippen LogP contribution in [0.1, 0.15) is 24.2 Å². The minimum absolute atomic E-state index is 0. The Hall–Kier alpha value is -1.67. The molecule has 3 heterocycles. The van der Waals surface area contributed by atoms with E-state index >= 15 is 0 Å². The standard InChI is InChI=1S/C20H22N4OS2.ClH/c1-14-22-20(27-24-14)23-19-18(26-17-5-3-2-4-6-17)12-16(13-21-19)11-15-7-9-25-10-8-15;/h2-6,12-13,15H,7-11H2,1H3,(H,21,22,23,24);1H. The van der Waals surface area contributed by atoms with Crippen LogP contribution in [0.2, 0.25) is 0 Å². The summed E-state index contributed by atoms with van der Waals surface area (Å²) in [5.74, 6) is 2.28. The van der Waals surface area contributed by atoms with E-state index in [0.717, 1.165) is 54.1 Å². The highest BCUT2D eigenvalue weighted by Crippen LogP contribution is 2.35. The predicted octanol–water partition coefficient (Wildman–Crippen LogP) is 5.53. The first-order valence-corrected chi connectivity index (χ1v) is 10.7. The molecule has 148 valence electrons. The summed E-state index contributed by atoms with van der Waals surface area (Å²) < 4.78 is 9.73. The molecule has 0 bridgehead atoms. The molecule has 0 radical (unpaired) electrons. The van der Waals surface area contributed by atoms with E-state index in [1.807, 2.05) is 19.2 Å². The molecule has 8 heteroatoms. The van der Waals surface area contributed by atoms with Crippen LogP contribution in [0.4, 0.5) is 10.9 Å². The van der Waals surface area contributed by atoms with Crippen molar-refractivity contribution in [1.29, 1.82) is 0 Å². The van der Waals surface area contributed by atoms with Crippen LogP contribution in [0, 0.1) is 12.8 Å². The summed E-state index contributed by atoms with van der Waals surface area (Å²) in [5, 5.41) is 4.11. The summed E-state index contributed by atoms with van der Waals surface area (Å²) >= 11 is 3.08. The zero-order chi connectivity index (χ0) is 18.5. The molecule has 0 saturated carbocycles. The molecule has 0 spiro atoms. The molecular formula is C20H23ClN4OS2. The van der Waals surface area contributed by atoms with Crippen molar-refractivity contribution in [2.45, 2.75) is 36.0 Å². The highest BCUT2D eigenvalue weighted by atomic mass is 35.5. The normalized spacial score (nSPS) is 14.5. The van der Waals surface area contributed by atoms with Gasteiger partial charge in [-0.15, -0.1) is 12.4 Å². The number of rotatable bonds is 6. The summed E-state index contributed by atoms with van der Waals surface area (Å²) in [7, 11) is 0. The Morgan fingerprint density at radius 3 is 2.71 bits per heavy atom. The van der Waals surface area contributed by atoms with Crippen LogP contribution in [0.25, 0.3) is 0 Å². The van der Waals surface area contributed by atoms with Gasteiger partial charge in [0.2, 0.25) is 5.13 Å². The summed E-state index contributed by atoms with van der Waals surface area (Å²) in [5.41, 5.74) is 1.28. The van der Waals surface area contributed by atoms with Gasteiger partial charge in [0.15, 0.2) is 0 Å². The number of hydrogen-bond acceptors (Lipinski definition) is 7. The van der Waals surface area contributed by atoms with Crippen LogP contribution >= 0.6 is 35.7 Å². The first kappa shape index (κ1) is 21.0. The van der Waals surface area contributed by atoms with Crippen molar-refractivity contribution in [3.8, 4) is 0 Å². The van der Waals surface area contributed by atoms with Crippen LogP contribution in [-0.2, 0) is 11.2 Å². The fourth-order valence-corrected chi connectivity index (χ4v) is 4.65. The third kappa shape index (κ3) is 5.67. The third-order valence-corrected chi connectivity index (χ3v) is 6.26. The number of nitrogens with one attached hydrogen (secondary N) is 1. The zero-order valence-corrected chi connectivity index (χ0v) is 18.1. The minimum Gasteiger partial charge on any atom is -0.381 e. The van der Waals surface area contributed by atoms with Crippen LogP contribution in [-0.4, -0.2) is 27.6 Å². The Morgan fingerprint density at radius 2 is 2.00 bits per heavy atom. The number of ether oxygens (including phenoxy) is 1. The van der Waals surface area contributed by atoms with Crippen LogP contribution in [0.5, 0.6) is 0 Å². The molecule has 1 saturated heterocycles. The maximum Gasteiger partial charge on any atom is 0.208 e. The van der Waals surface area contributed by atoms with Gasteiger partial charge < -0.3 is 10.1 Å². The Labute approximate surface area is 179 Å². The Kier molecular flexibility index (Phi) is 7.67.